The summed E-state index contributed by atoms with van der Waals surface area (Å²) in [6, 6.07) is 14.4. The van der Waals surface area contributed by atoms with Gasteiger partial charge in [0.25, 0.3) is 0 Å². The van der Waals surface area contributed by atoms with Crippen LogP contribution in [0.2, 0.25) is 0 Å². The fourth-order valence-electron chi connectivity index (χ4n) is 2.60. The van der Waals surface area contributed by atoms with E-state index in [1.54, 1.807) is 7.11 Å². The van der Waals surface area contributed by atoms with E-state index in [4.69, 9.17) is 21.7 Å². The van der Waals surface area contributed by atoms with Gasteiger partial charge in [0.2, 0.25) is 0 Å². The van der Waals surface area contributed by atoms with E-state index in [1.165, 1.54) is 5.56 Å². The minimum absolute atomic E-state index is 0.522. The Kier molecular flexibility index (Phi) is 7.27. The molecule has 0 radical (unpaired) electrons. The van der Waals surface area contributed by atoms with Crippen LogP contribution in [0, 0.1) is 0 Å². The van der Waals surface area contributed by atoms with Crippen LogP contribution >= 0.6 is 12.2 Å². The summed E-state index contributed by atoms with van der Waals surface area (Å²) in [5.41, 5.74) is 3.42. The first-order valence-electron chi connectivity index (χ1n) is 8.86. The highest BCUT2D eigenvalue weighted by Gasteiger charge is 2.10. The number of thiocarbonyl (C=S) groups is 1. The lowest BCUT2D eigenvalue weighted by Crippen LogP contribution is -2.30. The maximum atomic E-state index is 5.56. The number of anilines is 1. The van der Waals surface area contributed by atoms with Crippen molar-refractivity contribution in [1.82, 2.24) is 4.90 Å². The average Bonchev–Trinajstić information content (AvgIpc) is 2.63. The molecule has 0 unspecified atom stereocenters. The fourth-order valence-corrected chi connectivity index (χ4v) is 2.78. The number of ether oxygens (including phenoxy) is 2. The molecule has 26 heavy (non-hydrogen) atoms. The lowest BCUT2D eigenvalue weighted by Gasteiger charge is -2.22. The van der Waals surface area contributed by atoms with Crippen LogP contribution in [0.15, 0.2) is 42.5 Å². The summed E-state index contributed by atoms with van der Waals surface area (Å²) < 4.78 is 11.0. The molecule has 0 amide bonds. The van der Waals surface area contributed by atoms with Crippen LogP contribution in [0.25, 0.3) is 0 Å². The Morgan fingerprint density at radius 1 is 1.12 bits per heavy atom. The summed E-state index contributed by atoms with van der Waals surface area (Å²) in [6.07, 6.45) is 0. The van der Waals surface area contributed by atoms with Crippen molar-refractivity contribution < 1.29 is 9.47 Å². The quantitative estimate of drug-likeness (QED) is 0.688. The monoisotopic (exact) mass is 372 g/mol. The van der Waals surface area contributed by atoms with Crippen LogP contribution in [0.4, 0.5) is 5.69 Å². The third-order valence-electron chi connectivity index (χ3n) is 4.12. The van der Waals surface area contributed by atoms with Crippen molar-refractivity contribution in [3.05, 3.63) is 53.6 Å². The van der Waals surface area contributed by atoms with E-state index >= 15 is 0 Å². The molecule has 2 aromatic carbocycles. The largest absolute Gasteiger partial charge is 0.493 e. The second kappa shape index (κ2) is 9.43. The van der Waals surface area contributed by atoms with Gasteiger partial charge in [-0.1, -0.05) is 32.0 Å². The third kappa shape index (κ3) is 5.36. The highest BCUT2D eigenvalue weighted by molar-refractivity contribution is 7.80. The molecule has 2 aromatic rings. The van der Waals surface area contributed by atoms with Crippen molar-refractivity contribution >= 4 is 23.0 Å². The third-order valence-corrected chi connectivity index (χ3v) is 4.54. The normalized spacial score (nSPS) is 10.5. The molecule has 0 atom stereocenters. The van der Waals surface area contributed by atoms with Gasteiger partial charge in [-0.2, -0.15) is 0 Å². The summed E-state index contributed by atoms with van der Waals surface area (Å²) in [5, 5.41) is 3.97. The number of benzene rings is 2. The molecule has 5 heteroatoms. The minimum Gasteiger partial charge on any atom is -0.493 e. The Bertz CT molecular complexity index is 729. The van der Waals surface area contributed by atoms with Crippen molar-refractivity contribution in [3.8, 4) is 11.5 Å². The van der Waals surface area contributed by atoms with Crippen molar-refractivity contribution in [2.75, 3.05) is 26.1 Å². The summed E-state index contributed by atoms with van der Waals surface area (Å²) >= 11 is 5.53. The van der Waals surface area contributed by atoms with Gasteiger partial charge in [0.15, 0.2) is 16.6 Å². The molecule has 4 nitrogen and oxygen atoms in total. The second-order valence-electron chi connectivity index (χ2n) is 6.48. The predicted molar refractivity (Wildman–Crippen MR) is 112 cm³/mol. The molecule has 1 N–H and O–H groups in total. The first-order valence-corrected chi connectivity index (χ1v) is 9.27. The van der Waals surface area contributed by atoms with Crippen LogP contribution in [0.3, 0.4) is 0 Å². The topological polar surface area (TPSA) is 33.7 Å². The molecule has 0 spiro atoms. The Morgan fingerprint density at radius 3 is 2.38 bits per heavy atom. The number of hydrogen-bond acceptors (Lipinski definition) is 3. The molecular weight excluding hydrogens is 344 g/mol. The van der Waals surface area contributed by atoms with Gasteiger partial charge < -0.3 is 19.7 Å². The molecule has 0 heterocycles. The zero-order valence-electron chi connectivity index (χ0n) is 16.2. The Balaban J connectivity index is 2.00. The highest BCUT2D eigenvalue weighted by atomic mass is 32.1. The van der Waals surface area contributed by atoms with Gasteiger partial charge in [-0.05, 0) is 60.5 Å². The standard InChI is InChI=1S/C21H28N2O2S/c1-6-25-19-12-7-16(13-20(19)24-5)14-23(4)21(26)22-18-10-8-17(9-11-18)15(2)3/h7-13,15H,6,14H2,1-5H3,(H,22,26). The van der Waals surface area contributed by atoms with Crippen LogP contribution in [-0.2, 0) is 6.54 Å². The van der Waals surface area contributed by atoms with Gasteiger partial charge >= 0.3 is 0 Å². The van der Waals surface area contributed by atoms with Crippen LogP contribution < -0.4 is 14.8 Å². The lowest BCUT2D eigenvalue weighted by atomic mass is 10.0. The summed E-state index contributed by atoms with van der Waals surface area (Å²) in [4.78, 5) is 2.00. The molecule has 2 rings (SSSR count). The van der Waals surface area contributed by atoms with Crippen molar-refractivity contribution in [1.29, 1.82) is 0 Å². The zero-order valence-corrected chi connectivity index (χ0v) is 17.0. The fraction of sp³-hybridized carbons (Fsp3) is 0.381. The Hall–Kier alpha value is -2.27. The van der Waals surface area contributed by atoms with Gasteiger partial charge in [-0.15, -0.1) is 0 Å². The molecule has 140 valence electrons. The molecule has 0 bridgehead atoms. The number of methoxy groups -OCH3 is 1. The number of nitrogens with one attached hydrogen (secondary N) is 1. The van der Waals surface area contributed by atoms with Gasteiger partial charge in [0.1, 0.15) is 0 Å². The summed E-state index contributed by atoms with van der Waals surface area (Å²) in [6.45, 7) is 7.62. The van der Waals surface area contributed by atoms with Crippen molar-refractivity contribution in [2.24, 2.45) is 0 Å². The van der Waals surface area contributed by atoms with E-state index in [9.17, 15) is 0 Å². The maximum Gasteiger partial charge on any atom is 0.173 e. The molecule has 0 aliphatic heterocycles. The van der Waals surface area contributed by atoms with E-state index in [2.05, 4.69) is 43.4 Å². The second-order valence-corrected chi connectivity index (χ2v) is 6.87. The molecule has 0 aliphatic carbocycles. The molecule has 0 saturated carbocycles. The Morgan fingerprint density at radius 2 is 1.81 bits per heavy atom. The molecule has 0 aliphatic rings. The van der Waals surface area contributed by atoms with Gasteiger partial charge in [0, 0.05) is 19.3 Å². The Labute approximate surface area is 162 Å². The van der Waals surface area contributed by atoms with E-state index in [0.717, 1.165) is 22.7 Å². The zero-order chi connectivity index (χ0) is 19.1. The average molecular weight is 373 g/mol. The van der Waals surface area contributed by atoms with E-state index < -0.39 is 0 Å². The first-order chi connectivity index (χ1) is 12.4. The smallest absolute Gasteiger partial charge is 0.173 e. The van der Waals surface area contributed by atoms with E-state index in [0.29, 0.717) is 24.2 Å². The van der Waals surface area contributed by atoms with Gasteiger partial charge in [-0.3, -0.25) is 0 Å². The van der Waals surface area contributed by atoms with Gasteiger partial charge in [0.05, 0.1) is 13.7 Å². The van der Waals surface area contributed by atoms with Crippen molar-refractivity contribution in [2.45, 2.75) is 33.2 Å². The summed E-state index contributed by atoms with van der Waals surface area (Å²) in [5.74, 6) is 2.02. The van der Waals surface area contributed by atoms with E-state index in [1.807, 2.05) is 37.1 Å². The first kappa shape index (κ1) is 20.0. The SMILES string of the molecule is CCOc1ccc(CN(C)C(=S)Nc2ccc(C(C)C)cc2)cc1OC. The van der Waals surface area contributed by atoms with E-state index in [-0.39, 0.29) is 0 Å². The lowest BCUT2D eigenvalue weighted by molar-refractivity contribution is 0.310. The molecular formula is C21H28N2O2S. The molecule has 0 saturated heterocycles. The van der Waals surface area contributed by atoms with Crippen LogP contribution in [-0.4, -0.2) is 30.8 Å². The maximum absolute atomic E-state index is 5.56. The number of hydrogen-bond donors (Lipinski definition) is 1. The van der Waals surface area contributed by atoms with Gasteiger partial charge in [-0.25, -0.2) is 0 Å². The number of nitrogens with zero attached hydrogens (tertiary/aromatic N) is 1. The van der Waals surface area contributed by atoms with Crippen LogP contribution in [0.5, 0.6) is 11.5 Å². The molecule has 0 aromatic heterocycles. The minimum atomic E-state index is 0.522. The summed E-state index contributed by atoms with van der Waals surface area (Å²) in [7, 11) is 3.62. The predicted octanol–water partition coefficient (Wildman–Crippen LogP) is 5.05. The molecule has 0 fully saturated rings. The van der Waals surface area contributed by atoms with Crippen molar-refractivity contribution in [3.63, 3.8) is 0 Å². The number of rotatable bonds is 7. The highest BCUT2D eigenvalue weighted by Crippen LogP contribution is 2.28. The van der Waals surface area contributed by atoms with Crippen LogP contribution in [0.1, 0.15) is 37.8 Å².